The number of rotatable bonds is 8. The summed E-state index contributed by atoms with van der Waals surface area (Å²) < 4.78 is 15.2. The fourth-order valence-electron chi connectivity index (χ4n) is 5.04. The highest BCUT2D eigenvalue weighted by Crippen LogP contribution is 2.28. The molecule has 0 bridgehead atoms. The Morgan fingerprint density at radius 2 is 1.75 bits per heavy atom. The predicted octanol–water partition coefficient (Wildman–Crippen LogP) is 3.38. The lowest BCUT2D eigenvalue weighted by Crippen LogP contribution is -2.49. The molecule has 36 heavy (non-hydrogen) atoms. The molecule has 1 N–H and O–H groups in total. The second-order valence-corrected chi connectivity index (χ2v) is 9.43. The van der Waals surface area contributed by atoms with Crippen LogP contribution in [0.2, 0.25) is 0 Å². The molecular formula is C27H32FN7O. The molecule has 0 amide bonds. The van der Waals surface area contributed by atoms with Gasteiger partial charge in [0.25, 0.3) is 5.56 Å². The second kappa shape index (κ2) is 10.7. The number of aromatic nitrogens is 5. The summed E-state index contributed by atoms with van der Waals surface area (Å²) in [6.45, 7) is 9.23. The maximum Gasteiger partial charge on any atom is 0.253 e. The molecule has 9 heteroatoms. The lowest BCUT2D eigenvalue weighted by Gasteiger charge is -2.38. The van der Waals surface area contributed by atoms with E-state index in [0.29, 0.717) is 17.9 Å². The van der Waals surface area contributed by atoms with E-state index in [0.717, 1.165) is 62.0 Å². The molecule has 5 rings (SSSR count). The number of fused-ring (bicyclic) bond motifs is 1. The van der Waals surface area contributed by atoms with Gasteiger partial charge in [-0.15, -0.1) is 5.10 Å². The first-order valence-corrected chi connectivity index (χ1v) is 12.7. The van der Waals surface area contributed by atoms with Crippen molar-refractivity contribution in [3.8, 4) is 0 Å². The Bertz CT molecular complexity index is 1370. The summed E-state index contributed by atoms with van der Waals surface area (Å²) in [6, 6.07) is 14.1. The van der Waals surface area contributed by atoms with Crippen molar-refractivity contribution in [2.45, 2.75) is 39.3 Å². The normalized spacial score (nSPS) is 16.0. The molecule has 3 heterocycles. The fraction of sp³-hybridized carbons (Fsp3) is 0.407. The van der Waals surface area contributed by atoms with E-state index in [4.69, 9.17) is 0 Å². The molecule has 1 aliphatic rings. The Hall–Kier alpha value is -3.43. The van der Waals surface area contributed by atoms with E-state index >= 15 is 0 Å². The summed E-state index contributed by atoms with van der Waals surface area (Å²) in [5, 5.41) is 13.6. The lowest BCUT2D eigenvalue weighted by atomic mass is 10.0. The zero-order valence-corrected chi connectivity index (χ0v) is 20.8. The predicted molar refractivity (Wildman–Crippen MR) is 137 cm³/mol. The van der Waals surface area contributed by atoms with Gasteiger partial charge in [-0.05, 0) is 76.7 Å². The smallest absolute Gasteiger partial charge is 0.253 e. The van der Waals surface area contributed by atoms with Gasteiger partial charge in [-0.2, -0.15) is 0 Å². The quantitative estimate of drug-likeness (QED) is 0.409. The SMILES string of the molecule is CCCN1CCN([C@H](c2cc3cc(CC)ccc3[nH]c2=O)c2nnnn2Cc2ccc(F)cc2)CC1. The average molecular weight is 490 g/mol. The Morgan fingerprint density at radius 3 is 2.47 bits per heavy atom. The van der Waals surface area contributed by atoms with Crippen molar-refractivity contribution >= 4 is 10.9 Å². The van der Waals surface area contributed by atoms with Gasteiger partial charge >= 0.3 is 0 Å². The second-order valence-electron chi connectivity index (χ2n) is 9.43. The van der Waals surface area contributed by atoms with Crippen LogP contribution in [-0.4, -0.2) is 67.7 Å². The summed E-state index contributed by atoms with van der Waals surface area (Å²) in [5.74, 6) is 0.326. The molecule has 1 atom stereocenters. The first kappa shape index (κ1) is 24.3. The van der Waals surface area contributed by atoms with Crippen LogP contribution < -0.4 is 5.56 Å². The third-order valence-electron chi connectivity index (χ3n) is 7.00. The first-order chi connectivity index (χ1) is 17.6. The number of hydrogen-bond donors (Lipinski definition) is 1. The van der Waals surface area contributed by atoms with Gasteiger partial charge in [-0.1, -0.05) is 32.0 Å². The van der Waals surface area contributed by atoms with Gasteiger partial charge in [-0.3, -0.25) is 9.69 Å². The minimum absolute atomic E-state index is 0.135. The highest BCUT2D eigenvalue weighted by molar-refractivity contribution is 5.80. The van der Waals surface area contributed by atoms with Gasteiger partial charge in [0.15, 0.2) is 5.82 Å². The van der Waals surface area contributed by atoms with Crippen LogP contribution in [0.25, 0.3) is 10.9 Å². The maximum absolute atomic E-state index is 13.5. The number of benzene rings is 2. The minimum atomic E-state index is -0.400. The zero-order valence-electron chi connectivity index (χ0n) is 20.8. The third-order valence-corrected chi connectivity index (χ3v) is 7.00. The van der Waals surface area contributed by atoms with Gasteiger partial charge in [-0.25, -0.2) is 9.07 Å². The molecule has 1 fully saturated rings. The summed E-state index contributed by atoms with van der Waals surface area (Å²) >= 11 is 0. The Kier molecular flexibility index (Phi) is 7.20. The van der Waals surface area contributed by atoms with Crippen LogP contribution in [0.3, 0.4) is 0 Å². The van der Waals surface area contributed by atoms with E-state index in [-0.39, 0.29) is 11.4 Å². The monoisotopic (exact) mass is 489 g/mol. The molecule has 8 nitrogen and oxygen atoms in total. The molecule has 2 aromatic carbocycles. The fourth-order valence-corrected chi connectivity index (χ4v) is 5.04. The number of H-pyrrole nitrogens is 1. The molecule has 1 saturated heterocycles. The van der Waals surface area contributed by atoms with Crippen molar-refractivity contribution in [1.29, 1.82) is 0 Å². The number of piperazine rings is 1. The van der Waals surface area contributed by atoms with Crippen molar-refractivity contribution in [3.63, 3.8) is 0 Å². The standard InChI is InChI=1S/C27H32FN7O/c1-3-11-33-12-14-34(15-13-33)25(23-17-21-16-19(4-2)7-10-24(21)29-27(23)36)26-30-31-32-35(26)18-20-5-8-22(28)9-6-20/h5-10,16-17,25H,3-4,11-15,18H2,1-2H3,(H,29,36)/t25-/m1/s1. The number of aryl methyl sites for hydroxylation is 1. The molecule has 4 aromatic rings. The van der Waals surface area contributed by atoms with Gasteiger partial charge in [0, 0.05) is 37.3 Å². The molecule has 188 valence electrons. The summed E-state index contributed by atoms with van der Waals surface area (Å²) in [5.41, 5.74) is 3.42. The number of nitrogens with zero attached hydrogens (tertiary/aromatic N) is 6. The van der Waals surface area contributed by atoms with Crippen molar-refractivity contribution in [3.05, 3.63) is 87.2 Å². The average Bonchev–Trinajstić information content (AvgIpc) is 3.34. The number of nitrogens with one attached hydrogen (secondary N) is 1. The van der Waals surface area contributed by atoms with Crippen LogP contribution in [0.1, 0.15) is 48.8 Å². The Labute approximate surface area is 209 Å². The van der Waals surface area contributed by atoms with Gasteiger partial charge in [0.2, 0.25) is 0 Å². The number of halogens is 1. The van der Waals surface area contributed by atoms with Crippen LogP contribution in [-0.2, 0) is 13.0 Å². The topological polar surface area (TPSA) is 82.9 Å². The summed E-state index contributed by atoms with van der Waals surface area (Å²) in [6.07, 6.45) is 2.03. The third kappa shape index (κ3) is 5.08. The van der Waals surface area contributed by atoms with Crippen molar-refractivity contribution in [1.82, 2.24) is 35.0 Å². The highest BCUT2D eigenvalue weighted by atomic mass is 19.1. The van der Waals surface area contributed by atoms with Crippen LogP contribution in [0.4, 0.5) is 4.39 Å². The van der Waals surface area contributed by atoms with Crippen LogP contribution in [0.5, 0.6) is 0 Å². The van der Waals surface area contributed by atoms with Crippen LogP contribution >= 0.6 is 0 Å². The largest absolute Gasteiger partial charge is 0.322 e. The number of hydrogen-bond acceptors (Lipinski definition) is 6. The molecule has 0 saturated carbocycles. The molecule has 1 aliphatic heterocycles. The first-order valence-electron chi connectivity index (χ1n) is 12.7. The van der Waals surface area contributed by atoms with Gasteiger partial charge < -0.3 is 9.88 Å². The molecule has 0 radical (unpaired) electrons. The Balaban J connectivity index is 1.57. The van der Waals surface area contributed by atoms with E-state index < -0.39 is 6.04 Å². The van der Waals surface area contributed by atoms with E-state index in [2.05, 4.69) is 50.2 Å². The van der Waals surface area contributed by atoms with E-state index in [1.165, 1.54) is 17.7 Å². The van der Waals surface area contributed by atoms with E-state index in [1.54, 1.807) is 16.8 Å². The molecule has 0 aliphatic carbocycles. The van der Waals surface area contributed by atoms with Crippen molar-refractivity contribution in [2.75, 3.05) is 32.7 Å². The minimum Gasteiger partial charge on any atom is -0.322 e. The number of pyridine rings is 1. The Morgan fingerprint density at radius 1 is 1.00 bits per heavy atom. The van der Waals surface area contributed by atoms with Crippen LogP contribution in [0.15, 0.2) is 53.3 Å². The van der Waals surface area contributed by atoms with Crippen molar-refractivity contribution < 1.29 is 4.39 Å². The highest BCUT2D eigenvalue weighted by Gasteiger charge is 2.32. The van der Waals surface area contributed by atoms with Gasteiger partial charge in [0.05, 0.1) is 6.54 Å². The summed E-state index contributed by atoms with van der Waals surface area (Å²) in [4.78, 5) is 21.3. The molecule has 2 aromatic heterocycles. The van der Waals surface area contributed by atoms with E-state index in [9.17, 15) is 9.18 Å². The number of tetrazole rings is 1. The van der Waals surface area contributed by atoms with E-state index in [1.807, 2.05) is 18.2 Å². The molecule has 0 spiro atoms. The van der Waals surface area contributed by atoms with Crippen molar-refractivity contribution in [2.24, 2.45) is 0 Å². The van der Waals surface area contributed by atoms with Crippen LogP contribution in [0, 0.1) is 5.82 Å². The number of aromatic amines is 1. The lowest BCUT2D eigenvalue weighted by molar-refractivity contribution is 0.104. The summed E-state index contributed by atoms with van der Waals surface area (Å²) in [7, 11) is 0. The molecule has 0 unspecified atom stereocenters. The zero-order chi connectivity index (χ0) is 25.1. The van der Waals surface area contributed by atoms with Gasteiger partial charge in [0.1, 0.15) is 11.9 Å². The maximum atomic E-state index is 13.5. The molecular weight excluding hydrogens is 457 g/mol.